The first-order valence-corrected chi connectivity index (χ1v) is 11.5. The van der Waals surface area contributed by atoms with Gasteiger partial charge in [0, 0.05) is 16.7 Å². The van der Waals surface area contributed by atoms with Crippen LogP contribution in [0.2, 0.25) is 0 Å². The summed E-state index contributed by atoms with van der Waals surface area (Å²) in [6.45, 7) is 0. The molecule has 0 saturated carbocycles. The van der Waals surface area contributed by atoms with Crippen molar-refractivity contribution in [3.8, 4) is 0 Å². The topological polar surface area (TPSA) is 157 Å². The van der Waals surface area contributed by atoms with Crippen molar-refractivity contribution in [3.63, 3.8) is 0 Å². The molecule has 0 N–H and O–H groups in total. The van der Waals surface area contributed by atoms with Crippen molar-refractivity contribution < 1.29 is 61.0 Å². The Hall–Kier alpha value is -4.18. The number of rotatable bonds is 0. The van der Waals surface area contributed by atoms with Crippen LogP contribution in [-0.4, -0.2) is 34.5 Å². The molecule has 0 fully saturated rings. The molecule has 3 aromatic rings. The third-order valence-electron chi connectivity index (χ3n) is 5.86. The van der Waals surface area contributed by atoms with E-state index in [4.69, 9.17) is 0 Å². The molecule has 0 aliphatic heterocycles. The number of hydrogen-bond donors (Lipinski definition) is 0. The Morgan fingerprint density at radius 2 is 0.659 bits per heavy atom. The number of nitrogens with zero attached hydrogens (tertiary/aromatic N) is 3. The molecule has 0 saturated heterocycles. The van der Waals surface area contributed by atoms with Gasteiger partial charge in [0.25, 0.3) is 0 Å². The van der Waals surface area contributed by atoms with Gasteiger partial charge in [-0.25, -0.2) is 0 Å². The largest absolute Gasteiger partial charge is 2.00 e. The van der Waals surface area contributed by atoms with Crippen molar-refractivity contribution in [1.29, 1.82) is 0 Å². The molecular weight excluding hydrogens is 577 g/mol. The van der Waals surface area contributed by atoms with Crippen LogP contribution in [-0.2, 0) is 31.5 Å². The SMILES string of the molecule is O=C1C=Cc2ccccc2/C1=N\[O-].O=C1C=Cc2ccccc2/C1=N\[O-].O=C1C=Cc2ccccc2/C1=N\[O-].[Fe+2].[Na+]. The van der Waals surface area contributed by atoms with Crippen molar-refractivity contribution in [2.24, 2.45) is 15.5 Å². The molecule has 0 unspecified atom stereocenters. The maximum atomic E-state index is 11.2. The number of carbonyl (C=O) groups excluding carboxylic acids is 3. The fourth-order valence-electron chi connectivity index (χ4n) is 3.99. The minimum atomic E-state index is -0.325. The molecule has 0 heterocycles. The van der Waals surface area contributed by atoms with Crippen LogP contribution in [0.1, 0.15) is 33.4 Å². The molecular formula is C30H18FeN3NaO6. The van der Waals surface area contributed by atoms with E-state index >= 15 is 0 Å². The predicted octanol–water partition coefficient (Wildman–Crippen LogP) is 1.71. The molecule has 198 valence electrons. The van der Waals surface area contributed by atoms with Gasteiger partial charge in [0.1, 0.15) is 17.1 Å². The van der Waals surface area contributed by atoms with Crippen LogP contribution in [0.3, 0.4) is 0 Å². The second-order valence-corrected chi connectivity index (χ2v) is 8.17. The molecule has 3 aromatic carbocycles. The summed E-state index contributed by atoms with van der Waals surface area (Å²) in [5.74, 6) is -0.976. The van der Waals surface area contributed by atoms with E-state index in [-0.39, 0.29) is 81.1 Å². The Kier molecular flexibility index (Phi) is 12.5. The van der Waals surface area contributed by atoms with Crippen molar-refractivity contribution in [1.82, 2.24) is 0 Å². The van der Waals surface area contributed by atoms with Crippen LogP contribution in [0.4, 0.5) is 0 Å². The van der Waals surface area contributed by atoms with Gasteiger partial charge in [-0.1, -0.05) is 91.0 Å². The van der Waals surface area contributed by atoms with Crippen LogP contribution >= 0.6 is 0 Å². The zero-order valence-electron chi connectivity index (χ0n) is 21.5. The van der Waals surface area contributed by atoms with Crippen molar-refractivity contribution in [3.05, 3.63) is 140 Å². The molecule has 11 heteroatoms. The standard InChI is InChI=1S/3C10H7NO2.Fe.Na/c3*12-9-6-5-7-3-1-2-4-8(7)10(9)11-13;;/h3*1-6,13H;;/q;;;+2;+1/p-3/b3*11-10+;;. The molecule has 3 aliphatic carbocycles. The summed E-state index contributed by atoms with van der Waals surface area (Å²) in [5.41, 5.74) is 4.42. The first-order chi connectivity index (χ1) is 19.0. The Bertz CT molecular complexity index is 1460. The summed E-state index contributed by atoms with van der Waals surface area (Å²) >= 11 is 0. The van der Waals surface area contributed by atoms with Crippen molar-refractivity contribution in [2.75, 3.05) is 0 Å². The Morgan fingerprint density at radius 3 is 0.902 bits per heavy atom. The minimum Gasteiger partial charge on any atom is -0.791 e. The van der Waals surface area contributed by atoms with E-state index in [2.05, 4.69) is 15.5 Å². The number of benzene rings is 3. The normalized spacial score (nSPS) is 16.7. The Labute approximate surface area is 267 Å². The molecule has 6 rings (SSSR count). The van der Waals surface area contributed by atoms with E-state index in [9.17, 15) is 30.0 Å². The molecule has 0 atom stereocenters. The Balaban J connectivity index is 0.000000210. The molecule has 41 heavy (non-hydrogen) atoms. The van der Waals surface area contributed by atoms with Crippen LogP contribution in [0.25, 0.3) is 18.2 Å². The second kappa shape index (κ2) is 15.6. The summed E-state index contributed by atoms with van der Waals surface area (Å²) in [4.78, 5) is 33.5. The van der Waals surface area contributed by atoms with Gasteiger partial charge >= 0.3 is 46.6 Å². The van der Waals surface area contributed by atoms with E-state index in [1.807, 2.05) is 36.4 Å². The second-order valence-electron chi connectivity index (χ2n) is 8.17. The van der Waals surface area contributed by atoms with Gasteiger partial charge < -0.3 is 31.1 Å². The zero-order chi connectivity index (χ0) is 27.8. The molecule has 9 nitrogen and oxygen atoms in total. The maximum Gasteiger partial charge on any atom is 2.00 e. The first kappa shape index (κ1) is 33.0. The summed E-state index contributed by atoms with van der Waals surface area (Å²) in [7, 11) is 0. The third-order valence-corrected chi connectivity index (χ3v) is 5.86. The number of ketones is 3. The summed E-state index contributed by atoms with van der Waals surface area (Å²) in [5, 5.41) is 39.4. The van der Waals surface area contributed by atoms with Crippen LogP contribution < -0.4 is 29.6 Å². The third kappa shape index (κ3) is 7.52. The maximum absolute atomic E-state index is 11.2. The van der Waals surface area contributed by atoms with Crippen LogP contribution in [0.5, 0.6) is 0 Å². The molecule has 3 aliphatic rings. The first-order valence-electron chi connectivity index (χ1n) is 11.5. The van der Waals surface area contributed by atoms with Gasteiger partial charge in [-0.2, -0.15) is 0 Å². The van der Waals surface area contributed by atoms with E-state index in [1.54, 1.807) is 54.6 Å². The monoisotopic (exact) mass is 595 g/mol. The van der Waals surface area contributed by atoms with Gasteiger partial charge in [-0.15, -0.1) is 0 Å². The summed E-state index contributed by atoms with van der Waals surface area (Å²) in [6.07, 6.45) is 9.14. The number of allylic oxidation sites excluding steroid dienone is 3. The van der Waals surface area contributed by atoms with Gasteiger partial charge in [0.05, 0.1) is 0 Å². The fraction of sp³-hybridized carbons (Fsp3) is 0. The van der Waals surface area contributed by atoms with E-state index in [0.29, 0.717) is 16.7 Å². The van der Waals surface area contributed by atoms with Gasteiger partial charge in [0.15, 0.2) is 0 Å². The van der Waals surface area contributed by atoms with Gasteiger partial charge in [-0.05, 0) is 34.9 Å². The number of carbonyl (C=O) groups is 3. The molecule has 0 radical (unpaired) electrons. The quantitative estimate of drug-likeness (QED) is 0.285. The minimum absolute atomic E-state index is 0. The van der Waals surface area contributed by atoms with Gasteiger partial charge in [0.2, 0.25) is 17.3 Å². The fourth-order valence-corrected chi connectivity index (χ4v) is 3.99. The van der Waals surface area contributed by atoms with Crippen LogP contribution in [0, 0.1) is 15.6 Å². The zero-order valence-corrected chi connectivity index (χ0v) is 24.6. The Morgan fingerprint density at radius 1 is 0.415 bits per heavy atom. The number of fused-ring (bicyclic) bond motifs is 3. The average Bonchev–Trinajstić information content (AvgIpc) is 2.98. The van der Waals surface area contributed by atoms with Crippen molar-refractivity contribution in [2.45, 2.75) is 0 Å². The summed E-state index contributed by atoms with van der Waals surface area (Å²) in [6, 6.07) is 21.5. The molecule has 0 aromatic heterocycles. The summed E-state index contributed by atoms with van der Waals surface area (Å²) < 4.78 is 0. The van der Waals surface area contributed by atoms with Crippen LogP contribution in [0.15, 0.2) is 106 Å². The average molecular weight is 595 g/mol. The molecule has 0 spiro atoms. The molecule has 0 amide bonds. The predicted molar refractivity (Wildman–Crippen MR) is 151 cm³/mol. The van der Waals surface area contributed by atoms with Gasteiger partial charge in [-0.3, -0.25) is 14.4 Å². The smallest absolute Gasteiger partial charge is 0.791 e. The van der Waals surface area contributed by atoms with E-state index in [1.165, 1.54) is 18.2 Å². The van der Waals surface area contributed by atoms with E-state index < -0.39 is 0 Å². The van der Waals surface area contributed by atoms with E-state index in [0.717, 1.165) is 16.7 Å². The molecule has 0 bridgehead atoms. The van der Waals surface area contributed by atoms with Crippen molar-refractivity contribution >= 4 is 52.7 Å². The number of hydrogen-bond acceptors (Lipinski definition) is 9.